The Balaban J connectivity index is 2.10. The number of nitrogens with zero attached hydrogens (tertiary/aromatic N) is 2. The Hall–Kier alpha value is -1.55. The van der Waals surface area contributed by atoms with Crippen molar-refractivity contribution in [2.75, 3.05) is 5.32 Å². The van der Waals surface area contributed by atoms with E-state index in [1.165, 1.54) is 0 Å². The van der Waals surface area contributed by atoms with Gasteiger partial charge in [-0.2, -0.15) is 0 Å². The summed E-state index contributed by atoms with van der Waals surface area (Å²) in [6.07, 6.45) is 1.35. The Morgan fingerprint density at radius 3 is 2.42 bits per heavy atom. The first-order valence-electron chi connectivity index (χ1n) is 7.28. The van der Waals surface area contributed by atoms with Crippen LogP contribution >= 0.6 is 22.9 Å². The highest BCUT2D eigenvalue weighted by atomic mass is 35.5. The fourth-order valence-corrected chi connectivity index (χ4v) is 4.30. The van der Waals surface area contributed by atoms with Gasteiger partial charge in [0.2, 0.25) is 9.47 Å². The zero-order valence-electron chi connectivity index (χ0n) is 13.1. The summed E-state index contributed by atoms with van der Waals surface area (Å²) in [6, 6.07) is 6.14. The fraction of sp³-hybridized carbons (Fsp3) is 0.357. The molecule has 7 nitrogen and oxygen atoms in total. The summed E-state index contributed by atoms with van der Waals surface area (Å²) in [5.74, 6) is -0.417. The SMILES string of the molecule is CCC(CC)NS(=O)(=O)c1nnc(NC(=O)c2ccc(Cl)cc2)s1. The van der Waals surface area contributed by atoms with Crippen molar-refractivity contribution in [3.05, 3.63) is 34.9 Å². The molecule has 0 fully saturated rings. The van der Waals surface area contributed by atoms with E-state index in [0.717, 1.165) is 11.3 Å². The maximum atomic E-state index is 12.2. The minimum atomic E-state index is -3.74. The first-order valence-corrected chi connectivity index (χ1v) is 9.96. The van der Waals surface area contributed by atoms with Gasteiger partial charge >= 0.3 is 0 Å². The van der Waals surface area contributed by atoms with Gasteiger partial charge in [-0.05, 0) is 37.1 Å². The number of rotatable bonds is 7. The Morgan fingerprint density at radius 2 is 1.83 bits per heavy atom. The van der Waals surface area contributed by atoms with Crippen LogP contribution in [-0.4, -0.2) is 30.6 Å². The maximum Gasteiger partial charge on any atom is 0.270 e. The number of carbonyl (C=O) groups is 1. The van der Waals surface area contributed by atoms with Crippen molar-refractivity contribution in [2.24, 2.45) is 0 Å². The predicted octanol–water partition coefficient (Wildman–Crippen LogP) is 2.91. The van der Waals surface area contributed by atoms with E-state index < -0.39 is 15.9 Å². The average molecular weight is 389 g/mol. The molecule has 0 atom stereocenters. The minimum Gasteiger partial charge on any atom is -0.296 e. The number of carbonyl (C=O) groups excluding carboxylic acids is 1. The van der Waals surface area contributed by atoms with Crippen molar-refractivity contribution >= 4 is 44.0 Å². The van der Waals surface area contributed by atoms with Crippen molar-refractivity contribution in [1.82, 2.24) is 14.9 Å². The molecule has 0 saturated carbocycles. The summed E-state index contributed by atoms with van der Waals surface area (Å²) < 4.78 is 26.9. The highest BCUT2D eigenvalue weighted by molar-refractivity contribution is 7.91. The molecular weight excluding hydrogens is 372 g/mol. The fourth-order valence-electron chi connectivity index (χ4n) is 1.86. The molecule has 0 saturated heterocycles. The summed E-state index contributed by atoms with van der Waals surface area (Å²) >= 11 is 6.57. The first-order chi connectivity index (χ1) is 11.4. The lowest BCUT2D eigenvalue weighted by Crippen LogP contribution is -2.33. The van der Waals surface area contributed by atoms with Crippen molar-refractivity contribution in [3.63, 3.8) is 0 Å². The van der Waals surface area contributed by atoms with Crippen LogP contribution in [0.3, 0.4) is 0 Å². The molecule has 2 N–H and O–H groups in total. The molecule has 0 unspecified atom stereocenters. The lowest BCUT2D eigenvalue weighted by Gasteiger charge is -2.12. The number of hydrogen-bond donors (Lipinski definition) is 2. The second kappa shape index (κ2) is 8.02. The Kier molecular flexibility index (Phi) is 6.27. The van der Waals surface area contributed by atoms with Gasteiger partial charge in [-0.25, -0.2) is 13.1 Å². The number of hydrogen-bond acceptors (Lipinski definition) is 6. The molecule has 1 amide bonds. The molecule has 130 valence electrons. The van der Waals surface area contributed by atoms with Gasteiger partial charge in [0, 0.05) is 16.6 Å². The summed E-state index contributed by atoms with van der Waals surface area (Å²) in [5.41, 5.74) is 0.383. The van der Waals surface area contributed by atoms with Crippen LogP contribution in [0.2, 0.25) is 5.02 Å². The van der Waals surface area contributed by atoms with E-state index in [2.05, 4.69) is 20.2 Å². The van der Waals surface area contributed by atoms with Gasteiger partial charge in [-0.15, -0.1) is 10.2 Å². The standard InChI is InChI=1S/C14H17ClN4O3S2/c1-3-11(4-2)19-24(21,22)14-18-17-13(23-14)16-12(20)9-5-7-10(15)8-6-9/h5-8,11,19H,3-4H2,1-2H3,(H,16,17,20). The zero-order chi connectivity index (χ0) is 17.7. The lowest BCUT2D eigenvalue weighted by molar-refractivity contribution is 0.102. The maximum absolute atomic E-state index is 12.2. The summed E-state index contributed by atoms with van der Waals surface area (Å²) in [6.45, 7) is 3.79. The Morgan fingerprint density at radius 1 is 1.21 bits per heavy atom. The molecule has 1 aromatic heterocycles. The van der Waals surface area contributed by atoms with Crippen LogP contribution in [0.25, 0.3) is 0 Å². The van der Waals surface area contributed by atoms with E-state index >= 15 is 0 Å². The van der Waals surface area contributed by atoms with E-state index in [9.17, 15) is 13.2 Å². The van der Waals surface area contributed by atoms with E-state index in [1.807, 2.05) is 13.8 Å². The van der Waals surface area contributed by atoms with Gasteiger partial charge in [-0.1, -0.05) is 36.8 Å². The van der Waals surface area contributed by atoms with Gasteiger partial charge in [0.15, 0.2) is 0 Å². The lowest BCUT2D eigenvalue weighted by atomic mass is 10.2. The van der Waals surface area contributed by atoms with Crippen molar-refractivity contribution in [2.45, 2.75) is 37.1 Å². The summed E-state index contributed by atoms with van der Waals surface area (Å²) in [5, 5.41) is 10.5. The van der Waals surface area contributed by atoms with Crippen LogP contribution in [0.1, 0.15) is 37.0 Å². The molecule has 0 aliphatic rings. The largest absolute Gasteiger partial charge is 0.296 e. The highest BCUT2D eigenvalue weighted by Gasteiger charge is 2.23. The van der Waals surface area contributed by atoms with Gasteiger partial charge < -0.3 is 0 Å². The molecule has 0 spiro atoms. The molecule has 0 radical (unpaired) electrons. The summed E-state index contributed by atoms with van der Waals surface area (Å²) in [4.78, 5) is 12.1. The van der Waals surface area contributed by atoms with Crippen molar-refractivity contribution in [3.8, 4) is 0 Å². The van der Waals surface area contributed by atoms with Gasteiger partial charge in [-0.3, -0.25) is 10.1 Å². The van der Waals surface area contributed by atoms with Crippen LogP contribution in [0.15, 0.2) is 28.6 Å². The van der Waals surface area contributed by atoms with Gasteiger partial charge in [0.25, 0.3) is 15.9 Å². The third kappa shape index (κ3) is 4.73. The molecule has 1 aromatic carbocycles. The number of anilines is 1. The van der Waals surface area contributed by atoms with Gasteiger partial charge in [0.05, 0.1) is 0 Å². The summed E-state index contributed by atoms with van der Waals surface area (Å²) in [7, 11) is -3.74. The van der Waals surface area contributed by atoms with Crippen LogP contribution in [0.5, 0.6) is 0 Å². The predicted molar refractivity (Wildman–Crippen MR) is 94.0 cm³/mol. The molecule has 0 aliphatic carbocycles. The zero-order valence-corrected chi connectivity index (χ0v) is 15.5. The monoisotopic (exact) mass is 388 g/mol. The molecule has 2 rings (SSSR count). The number of sulfonamides is 1. The highest BCUT2D eigenvalue weighted by Crippen LogP contribution is 2.21. The second-order valence-corrected chi connectivity index (χ2v) is 8.27. The smallest absolute Gasteiger partial charge is 0.270 e. The Labute approximate surface area is 149 Å². The topological polar surface area (TPSA) is 101 Å². The van der Waals surface area contributed by atoms with Gasteiger partial charge in [0.1, 0.15) is 0 Å². The molecule has 10 heteroatoms. The molecular formula is C14H17ClN4O3S2. The quantitative estimate of drug-likeness (QED) is 0.710. The molecule has 24 heavy (non-hydrogen) atoms. The molecule has 0 bridgehead atoms. The molecule has 0 aliphatic heterocycles. The van der Waals surface area contributed by atoms with Crippen molar-refractivity contribution in [1.29, 1.82) is 0 Å². The number of amides is 1. The first kappa shape index (κ1) is 18.8. The second-order valence-electron chi connectivity index (χ2n) is 4.97. The number of nitrogens with one attached hydrogen (secondary N) is 2. The van der Waals surface area contributed by atoms with Crippen LogP contribution in [0.4, 0.5) is 5.13 Å². The third-order valence-corrected chi connectivity index (χ3v) is 6.25. The minimum absolute atomic E-state index is 0.111. The number of aromatic nitrogens is 2. The Bertz CT molecular complexity index is 802. The van der Waals surface area contributed by atoms with Crippen molar-refractivity contribution < 1.29 is 13.2 Å². The van der Waals surface area contributed by atoms with E-state index in [0.29, 0.717) is 23.4 Å². The van der Waals surface area contributed by atoms with Crippen LogP contribution < -0.4 is 10.0 Å². The van der Waals surface area contributed by atoms with E-state index in [4.69, 9.17) is 11.6 Å². The normalized spacial score (nSPS) is 11.7. The molecule has 2 aromatic rings. The van der Waals surface area contributed by atoms with E-state index in [1.54, 1.807) is 24.3 Å². The third-order valence-electron chi connectivity index (χ3n) is 3.27. The van der Waals surface area contributed by atoms with Crippen LogP contribution in [0, 0.1) is 0 Å². The average Bonchev–Trinajstić information content (AvgIpc) is 3.02. The number of halogens is 1. The van der Waals surface area contributed by atoms with E-state index in [-0.39, 0.29) is 15.5 Å². The number of benzene rings is 1. The molecule has 1 heterocycles. The van der Waals surface area contributed by atoms with Crippen LogP contribution in [-0.2, 0) is 10.0 Å².